The molecule has 0 saturated heterocycles. The second-order valence-electron chi connectivity index (χ2n) is 6.77. The van der Waals surface area contributed by atoms with Gasteiger partial charge >= 0.3 is 12.2 Å². The maximum atomic E-state index is 13.2. The van der Waals surface area contributed by atoms with Crippen molar-refractivity contribution in [3.63, 3.8) is 0 Å². The summed E-state index contributed by atoms with van der Waals surface area (Å²) in [5.41, 5.74) is 6.83. The van der Waals surface area contributed by atoms with Gasteiger partial charge in [0.2, 0.25) is 0 Å². The molecule has 0 aliphatic heterocycles. The number of primary amides is 1. The summed E-state index contributed by atoms with van der Waals surface area (Å²) in [4.78, 5) is 28.5. The van der Waals surface area contributed by atoms with Gasteiger partial charge in [0.05, 0.1) is 17.1 Å². The highest BCUT2D eigenvalue weighted by Crippen LogP contribution is 2.37. The fourth-order valence-corrected chi connectivity index (χ4v) is 3.22. The number of benzene rings is 2. The van der Waals surface area contributed by atoms with Crippen LogP contribution in [0.3, 0.4) is 0 Å². The predicted octanol–water partition coefficient (Wildman–Crippen LogP) is 5.71. The number of hydrogen-bond acceptors (Lipinski definition) is 3. The normalized spacial score (nSPS) is 11.3. The van der Waals surface area contributed by atoms with Gasteiger partial charge < -0.3 is 5.73 Å². The van der Waals surface area contributed by atoms with Crippen molar-refractivity contribution in [2.45, 2.75) is 19.6 Å². The number of carbonyl (C=O) groups is 2. The minimum atomic E-state index is -4.67. The van der Waals surface area contributed by atoms with Crippen molar-refractivity contribution in [3.8, 4) is 11.1 Å². The van der Waals surface area contributed by atoms with Crippen molar-refractivity contribution in [1.82, 2.24) is 4.98 Å². The lowest BCUT2D eigenvalue weighted by atomic mass is 10.0. The second-order valence-corrected chi connectivity index (χ2v) is 7.18. The second kappa shape index (κ2) is 8.77. The molecule has 2 aromatic carbocycles. The Kier molecular flexibility index (Phi) is 6.31. The lowest BCUT2D eigenvalue weighted by Gasteiger charge is -2.22. The van der Waals surface area contributed by atoms with Crippen molar-refractivity contribution < 1.29 is 22.8 Å². The first-order valence-electron chi connectivity index (χ1n) is 9.06. The monoisotopic (exact) mass is 447 g/mol. The lowest BCUT2D eigenvalue weighted by molar-refractivity contribution is -0.137. The van der Waals surface area contributed by atoms with Crippen molar-refractivity contribution in [1.29, 1.82) is 0 Å². The van der Waals surface area contributed by atoms with Crippen LogP contribution in [0.15, 0.2) is 60.8 Å². The van der Waals surface area contributed by atoms with Gasteiger partial charge in [-0.15, -0.1) is 0 Å². The zero-order valence-corrected chi connectivity index (χ0v) is 17.0. The van der Waals surface area contributed by atoms with Gasteiger partial charge in [-0.2, -0.15) is 13.2 Å². The van der Waals surface area contributed by atoms with E-state index in [-0.39, 0.29) is 18.0 Å². The number of amides is 2. The summed E-state index contributed by atoms with van der Waals surface area (Å²) in [5, 5.41) is -0.468. The number of nitrogens with two attached hydrogens (primary N) is 1. The molecule has 0 fully saturated rings. The molecule has 160 valence electrons. The molecule has 0 aliphatic carbocycles. The third kappa shape index (κ3) is 5.21. The van der Waals surface area contributed by atoms with E-state index in [9.17, 15) is 22.8 Å². The molecule has 9 heteroatoms. The van der Waals surface area contributed by atoms with Crippen LogP contribution in [0.1, 0.15) is 28.5 Å². The molecular formula is C22H17ClF3N3O2. The summed E-state index contributed by atoms with van der Waals surface area (Å²) in [5.74, 6) is -0.154. The summed E-state index contributed by atoms with van der Waals surface area (Å²) in [6.07, 6.45) is -3.12. The Morgan fingerprint density at radius 1 is 1.06 bits per heavy atom. The molecule has 0 radical (unpaired) electrons. The molecule has 3 rings (SSSR count). The average Bonchev–Trinajstić information content (AvgIpc) is 2.72. The molecule has 31 heavy (non-hydrogen) atoms. The minimum Gasteiger partial charge on any atom is -0.351 e. The molecule has 3 aromatic rings. The molecule has 2 amide bonds. The number of alkyl halides is 3. The third-order valence-electron chi connectivity index (χ3n) is 4.56. The fourth-order valence-electron chi connectivity index (χ4n) is 3.00. The van der Waals surface area contributed by atoms with Crippen LogP contribution in [0.4, 0.5) is 23.7 Å². The Labute approximate surface area is 181 Å². The van der Waals surface area contributed by atoms with Crippen LogP contribution in [-0.2, 0) is 12.7 Å². The summed E-state index contributed by atoms with van der Waals surface area (Å²) >= 11 is 5.66. The van der Waals surface area contributed by atoms with E-state index < -0.39 is 22.8 Å². The van der Waals surface area contributed by atoms with E-state index in [0.717, 1.165) is 28.2 Å². The zero-order valence-electron chi connectivity index (χ0n) is 16.3. The van der Waals surface area contributed by atoms with Gasteiger partial charge in [0.15, 0.2) is 5.78 Å². The highest BCUT2D eigenvalue weighted by atomic mass is 35.5. The molecule has 0 spiro atoms. The minimum absolute atomic E-state index is 0.0258. The van der Waals surface area contributed by atoms with E-state index in [2.05, 4.69) is 4.98 Å². The quantitative estimate of drug-likeness (QED) is 0.509. The number of aromatic nitrogens is 1. The number of rotatable bonds is 5. The molecule has 5 nitrogen and oxygen atoms in total. The number of nitrogens with zero attached hydrogens (tertiary/aromatic N) is 2. The first kappa shape index (κ1) is 22.3. The number of pyridine rings is 1. The SMILES string of the molecule is CC(=O)c1ccc(-c2cccc(CN(C(N)=O)c3ccc(Cl)c(C(F)(F)F)c3)c2)cn1. The number of hydrogen-bond donors (Lipinski definition) is 1. The van der Waals surface area contributed by atoms with Crippen molar-refractivity contribution in [2.75, 3.05) is 4.90 Å². The van der Waals surface area contributed by atoms with E-state index in [4.69, 9.17) is 17.3 Å². The van der Waals surface area contributed by atoms with Crippen LogP contribution >= 0.6 is 11.6 Å². The van der Waals surface area contributed by atoms with Crippen molar-refractivity contribution in [2.24, 2.45) is 5.73 Å². The van der Waals surface area contributed by atoms with E-state index in [1.165, 1.54) is 13.0 Å². The first-order chi connectivity index (χ1) is 14.6. The topological polar surface area (TPSA) is 76.3 Å². The Balaban J connectivity index is 1.92. The van der Waals surface area contributed by atoms with E-state index in [1.54, 1.807) is 36.5 Å². The van der Waals surface area contributed by atoms with E-state index >= 15 is 0 Å². The Bertz CT molecular complexity index is 1130. The Morgan fingerprint density at radius 3 is 2.39 bits per heavy atom. The molecule has 0 bridgehead atoms. The molecule has 0 aliphatic rings. The molecule has 2 N–H and O–H groups in total. The zero-order chi connectivity index (χ0) is 22.8. The van der Waals surface area contributed by atoms with Crippen LogP contribution in [0, 0.1) is 0 Å². The first-order valence-corrected chi connectivity index (χ1v) is 9.44. The van der Waals surface area contributed by atoms with Crippen LogP contribution in [0.5, 0.6) is 0 Å². The molecule has 0 atom stereocenters. The summed E-state index contributed by atoms with van der Waals surface area (Å²) < 4.78 is 39.6. The van der Waals surface area contributed by atoms with Gasteiger partial charge in [-0.3, -0.25) is 14.7 Å². The standard InChI is InChI=1S/C22H17ClF3N3O2/c1-13(30)20-8-5-16(11-28-20)15-4-2-3-14(9-15)12-29(21(27)31)17-6-7-19(23)18(10-17)22(24,25)26/h2-11H,12H2,1H3,(H2,27,31). The maximum absolute atomic E-state index is 13.2. The van der Waals surface area contributed by atoms with Crippen LogP contribution < -0.4 is 10.6 Å². The number of anilines is 1. The Hall–Kier alpha value is -3.39. The van der Waals surface area contributed by atoms with Crippen molar-refractivity contribution in [3.05, 3.63) is 82.6 Å². The number of ketones is 1. The highest BCUT2D eigenvalue weighted by Gasteiger charge is 2.34. The van der Waals surface area contributed by atoms with Gasteiger partial charge in [0.1, 0.15) is 5.69 Å². The van der Waals surface area contributed by atoms with Crippen molar-refractivity contribution >= 4 is 29.1 Å². The average molecular weight is 448 g/mol. The third-order valence-corrected chi connectivity index (χ3v) is 4.89. The van der Waals surface area contributed by atoms with E-state index in [1.807, 2.05) is 6.07 Å². The number of Topliss-reactive ketones (excluding diaryl/α,β-unsaturated/α-hetero) is 1. The number of urea groups is 1. The summed E-state index contributed by atoms with van der Waals surface area (Å²) in [6.45, 7) is 1.36. The fraction of sp³-hybridized carbons (Fsp3) is 0.136. The number of carbonyl (C=O) groups excluding carboxylic acids is 2. The van der Waals surface area contributed by atoms with Gasteiger partial charge in [0.25, 0.3) is 0 Å². The maximum Gasteiger partial charge on any atom is 0.417 e. The van der Waals surface area contributed by atoms with Gasteiger partial charge in [-0.05, 0) is 41.5 Å². The van der Waals surface area contributed by atoms with Crippen LogP contribution in [0.2, 0.25) is 5.02 Å². The van der Waals surface area contributed by atoms with Gasteiger partial charge in [-0.25, -0.2) is 4.79 Å². The van der Waals surface area contributed by atoms with E-state index in [0.29, 0.717) is 11.3 Å². The highest BCUT2D eigenvalue weighted by molar-refractivity contribution is 6.31. The largest absolute Gasteiger partial charge is 0.417 e. The molecule has 1 aromatic heterocycles. The number of halogens is 4. The molecule has 0 unspecified atom stereocenters. The van der Waals surface area contributed by atoms with Crippen LogP contribution in [-0.4, -0.2) is 16.8 Å². The summed E-state index contributed by atoms with van der Waals surface area (Å²) in [6, 6.07) is 12.6. The molecule has 1 heterocycles. The smallest absolute Gasteiger partial charge is 0.351 e. The predicted molar refractivity (Wildman–Crippen MR) is 112 cm³/mol. The molecule has 0 saturated carbocycles. The summed E-state index contributed by atoms with van der Waals surface area (Å²) in [7, 11) is 0. The Morgan fingerprint density at radius 2 is 1.81 bits per heavy atom. The van der Waals surface area contributed by atoms with Gasteiger partial charge in [-0.1, -0.05) is 35.9 Å². The molecular weight excluding hydrogens is 431 g/mol. The van der Waals surface area contributed by atoms with Crippen LogP contribution in [0.25, 0.3) is 11.1 Å². The van der Waals surface area contributed by atoms with Gasteiger partial charge in [0, 0.05) is 24.4 Å². The lowest BCUT2D eigenvalue weighted by Crippen LogP contribution is -2.35.